The van der Waals surface area contributed by atoms with Gasteiger partial charge in [-0.05, 0) is 12.5 Å². The van der Waals surface area contributed by atoms with Crippen LogP contribution in [-0.2, 0) is 11.2 Å². The fourth-order valence-corrected chi connectivity index (χ4v) is 1.96. The Balaban J connectivity index is 2.00. The van der Waals surface area contributed by atoms with Gasteiger partial charge < -0.3 is 9.52 Å². The first-order chi connectivity index (χ1) is 8.65. The van der Waals surface area contributed by atoms with Crippen molar-refractivity contribution in [2.24, 2.45) is 0 Å². The van der Waals surface area contributed by atoms with Crippen molar-refractivity contribution in [1.82, 2.24) is 10.2 Å². The van der Waals surface area contributed by atoms with E-state index in [4.69, 9.17) is 9.52 Å². The normalized spacial score (nSPS) is 12.3. The van der Waals surface area contributed by atoms with Gasteiger partial charge in [0.15, 0.2) is 0 Å². The van der Waals surface area contributed by atoms with Crippen LogP contribution in [0.1, 0.15) is 18.4 Å². The molecule has 0 aliphatic heterocycles. The van der Waals surface area contributed by atoms with Crippen LogP contribution in [0.4, 0.5) is 0 Å². The average Bonchev–Trinajstić information content (AvgIpc) is 2.77. The molecule has 0 fully saturated rings. The van der Waals surface area contributed by atoms with Crippen LogP contribution in [-0.4, -0.2) is 26.5 Å². The molecule has 0 bridgehead atoms. The lowest BCUT2D eigenvalue weighted by atomic mass is 10.2. The third-order valence-corrected chi connectivity index (χ3v) is 3.19. The molecule has 6 heteroatoms. The quantitative estimate of drug-likeness (QED) is 0.834. The van der Waals surface area contributed by atoms with Gasteiger partial charge in [-0.3, -0.25) is 4.79 Å². The van der Waals surface area contributed by atoms with Gasteiger partial charge in [0.1, 0.15) is 5.25 Å². The fraction of sp³-hybridized carbons (Fsp3) is 0.250. The Bertz CT molecular complexity index is 527. The van der Waals surface area contributed by atoms with Crippen molar-refractivity contribution in [3.05, 3.63) is 41.8 Å². The van der Waals surface area contributed by atoms with Gasteiger partial charge in [-0.2, -0.15) is 0 Å². The van der Waals surface area contributed by atoms with Crippen molar-refractivity contribution in [3.63, 3.8) is 0 Å². The van der Waals surface area contributed by atoms with Gasteiger partial charge in [0.25, 0.3) is 5.22 Å². The van der Waals surface area contributed by atoms with Gasteiger partial charge in [0.2, 0.25) is 5.89 Å². The molecular formula is C12H12N2O3S. The van der Waals surface area contributed by atoms with E-state index in [-0.39, 0.29) is 5.22 Å². The second-order valence-electron chi connectivity index (χ2n) is 3.72. The molecule has 0 spiro atoms. The van der Waals surface area contributed by atoms with Crippen LogP contribution in [0.3, 0.4) is 0 Å². The van der Waals surface area contributed by atoms with E-state index in [0.717, 1.165) is 17.3 Å². The van der Waals surface area contributed by atoms with Crippen molar-refractivity contribution in [1.29, 1.82) is 0 Å². The largest absolute Gasteiger partial charge is 0.480 e. The summed E-state index contributed by atoms with van der Waals surface area (Å²) >= 11 is 1.04. The standard InChI is InChI=1S/C12H12N2O3S/c1-8(11(15)16)18-12-14-13-10(17-12)7-9-5-3-2-4-6-9/h2-6,8H,7H2,1H3,(H,15,16)/t8-/m1/s1. The summed E-state index contributed by atoms with van der Waals surface area (Å²) in [4.78, 5) is 10.7. The zero-order valence-electron chi connectivity index (χ0n) is 9.74. The summed E-state index contributed by atoms with van der Waals surface area (Å²) in [6.45, 7) is 1.58. The number of aromatic nitrogens is 2. The third kappa shape index (κ3) is 3.33. The first-order valence-corrected chi connectivity index (χ1v) is 6.29. The Morgan fingerprint density at radius 1 is 1.39 bits per heavy atom. The number of hydrogen-bond donors (Lipinski definition) is 1. The molecule has 0 amide bonds. The minimum Gasteiger partial charge on any atom is -0.480 e. The maximum Gasteiger partial charge on any atom is 0.316 e. The van der Waals surface area contributed by atoms with E-state index in [0.29, 0.717) is 12.3 Å². The van der Waals surface area contributed by atoms with Gasteiger partial charge in [-0.15, -0.1) is 10.2 Å². The van der Waals surface area contributed by atoms with Crippen LogP contribution >= 0.6 is 11.8 Å². The van der Waals surface area contributed by atoms with Crippen LogP contribution < -0.4 is 0 Å². The minimum absolute atomic E-state index is 0.288. The lowest BCUT2D eigenvalue weighted by Crippen LogP contribution is -2.10. The number of rotatable bonds is 5. The molecule has 1 atom stereocenters. The number of thioether (sulfide) groups is 1. The number of hydrogen-bond acceptors (Lipinski definition) is 5. The first-order valence-electron chi connectivity index (χ1n) is 5.41. The van der Waals surface area contributed by atoms with E-state index in [1.54, 1.807) is 6.92 Å². The van der Waals surface area contributed by atoms with Crippen LogP contribution in [0.15, 0.2) is 40.0 Å². The van der Waals surface area contributed by atoms with E-state index in [9.17, 15) is 4.79 Å². The summed E-state index contributed by atoms with van der Waals surface area (Å²) in [5.41, 5.74) is 1.07. The number of aliphatic carboxylic acids is 1. The van der Waals surface area contributed by atoms with E-state index >= 15 is 0 Å². The highest BCUT2D eigenvalue weighted by Crippen LogP contribution is 2.22. The van der Waals surface area contributed by atoms with Gasteiger partial charge in [-0.1, -0.05) is 42.1 Å². The number of benzene rings is 1. The lowest BCUT2D eigenvalue weighted by molar-refractivity contribution is -0.136. The summed E-state index contributed by atoms with van der Waals surface area (Å²) in [5.74, 6) is -0.413. The topological polar surface area (TPSA) is 76.2 Å². The van der Waals surface area contributed by atoms with Gasteiger partial charge in [0.05, 0.1) is 6.42 Å². The van der Waals surface area contributed by atoms with E-state index in [1.807, 2.05) is 30.3 Å². The van der Waals surface area contributed by atoms with Crippen molar-refractivity contribution in [2.45, 2.75) is 23.8 Å². The second-order valence-corrected chi connectivity index (χ2v) is 5.01. The molecule has 0 unspecified atom stereocenters. The monoisotopic (exact) mass is 264 g/mol. The highest BCUT2D eigenvalue weighted by molar-refractivity contribution is 8.00. The zero-order valence-corrected chi connectivity index (χ0v) is 10.6. The highest BCUT2D eigenvalue weighted by Gasteiger charge is 2.17. The van der Waals surface area contributed by atoms with E-state index < -0.39 is 11.2 Å². The predicted octanol–water partition coefficient (Wildman–Crippen LogP) is 2.23. The molecule has 18 heavy (non-hydrogen) atoms. The van der Waals surface area contributed by atoms with Crippen LogP contribution in [0.25, 0.3) is 0 Å². The molecule has 1 aromatic carbocycles. The fourth-order valence-electron chi connectivity index (χ4n) is 1.33. The molecule has 94 valence electrons. The molecule has 0 aliphatic rings. The van der Waals surface area contributed by atoms with Crippen LogP contribution in [0.2, 0.25) is 0 Å². The number of nitrogens with zero attached hydrogens (tertiary/aromatic N) is 2. The molecule has 0 saturated heterocycles. The molecule has 1 heterocycles. The van der Waals surface area contributed by atoms with Crippen molar-refractivity contribution < 1.29 is 14.3 Å². The Morgan fingerprint density at radius 2 is 2.11 bits per heavy atom. The highest BCUT2D eigenvalue weighted by atomic mass is 32.2. The maximum atomic E-state index is 10.7. The Morgan fingerprint density at radius 3 is 2.78 bits per heavy atom. The second kappa shape index (κ2) is 5.68. The van der Waals surface area contributed by atoms with Crippen molar-refractivity contribution >= 4 is 17.7 Å². The average molecular weight is 264 g/mol. The molecule has 5 nitrogen and oxygen atoms in total. The van der Waals surface area contributed by atoms with Crippen LogP contribution in [0.5, 0.6) is 0 Å². The molecular weight excluding hydrogens is 252 g/mol. The first kappa shape index (κ1) is 12.6. The molecule has 1 N–H and O–H groups in total. The van der Waals surface area contributed by atoms with Crippen LogP contribution in [0, 0.1) is 0 Å². The predicted molar refractivity (Wildman–Crippen MR) is 66.5 cm³/mol. The van der Waals surface area contributed by atoms with Gasteiger partial charge in [-0.25, -0.2) is 0 Å². The smallest absolute Gasteiger partial charge is 0.316 e. The molecule has 0 saturated carbocycles. The molecule has 0 aliphatic carbocycles. The van der Waals surface area contributed by atoms with Gasteiger partial charge in [0, 0.05) is 0 Å². The Labute approximate surface area is 108 Å². The lowest BCUT2D eigenvalue weighted by Gasteiger charge is -1.99. The van der Waals surface area contributed by atoms with Crippen molar-refractivity contribution in [3.8, 4) is 0 Å². The van der Waals surface area contributed by atoms with Gasteiger partial charge >= 0.3 is 5.97 Å². The summed E-state index contributed by atoms with van der Waals surface area (Å²) < 4.78 is 5.39. The van der Waals surface area contributed by atoms with E-state index in [2.05, 4.69) is 10.2 Å². The third-order valence-electron chi connectivity index (χ3n) is 2.27. The zero-order chi connectivity index (χ0) is 13.0. The van der Waals surface area contributed by atoms with E-state index in [1.165, 1.54) is 0 Å². The minimum atomic E-state index is -0.900. The SMILES string of the molecule is C[C@@H](Sc1nnc(Cc2ccccc2)o1)C(=O)O. The maximum absolute atomic E-state index is 10.7. The summed E-state index contributed by atoms with van der Waals surface area (Å²) in [6.07, 6.45) is 0.551. The van der Waals surface area contributed by atoms with Crippen molar-refractivity contribution in [2.75, 3.05) is 0 Å². The summed E-state index contributed by atoms with van der Waals surface area (Å²) in [6, 6.07) is 9.75. The Kier molecular flexibility index (Phi) is 3.99. The molecule has 2 rings (SSSR count). The summed E-state index contributed by atoms with van der Waals surface area (Å²) in [5, 5.41) is 16.2. The number of carboxylic acid groups (broad SMARTS) is 1. The summed E-state index contributed by atoms with van der Waals surface area (Å²) in [7, 11) is 0. The molecule has 2 aromatic rings. The molecule has 0 radical (unpaired) electrons. The molecule has 1 aromatic heterocycles. The number of carbonyl (C=O) groups is 1. The number of carboxylic acids is 1. The Hall–Kier alpha value is -1.82.